The van der Waals surface area contributed by atoms with Crippen LogP contribution in [0.15, 0.2) is 24.3 Å². The Hall–Kier alpha value is -2.33. The summed E-state index contributed by atoms with van der Waals surface area (Å²) in [6.07, 6.45) is 0.806. The van der Waals surface area contributed by atoms with Crippen LogP contribution in [0.5, 0.6) is 0 Å². The lowest BCUT2D eigenvalue weighted by atomic mass is 9.88. The maximum atomic E-state index is 11.9. The van der Waals surface area contributed by atoms with Crippen molar-refractivity contribution in [3.63, 3.8) is 0 Å². The van der Waals surface area contributed by atoms with Crippen molar-refractivity contribution < 1.29 is 4.79 Å². The summed E-state index contributed by atoms with van der Waals surface area (Å²) < 4.78 is 0. The molecule has 1 N–H and O–H groups in total. The molecule has 1 aromatic rings. The zero-order valence-electron chi connectivity index (χ0n) is 10.5. The van der Waals surface area contributed by atoms with Gasteiger partial charge in [-0.15, -0.1) is 0 Å². The van der Waals surface area contributed by atoms with Crippen LogP contribution in [-0.4, -0.2) is 5.91 Å². The summed E-state index contributed by atoms with van der Waals surface area (Å²) in [7, 11) is 0. The van der Waals surface area contributed by atoms with Gasteiger partial charge in [0.15, 0.2) is 0 Å². The Balaban J connectivity index is 2.78. The van der Waals surface area contributed by atoms with Gasteiger partial charge in [0, 0.05) is 5.69 Å². The van der Waals surface area contributed by atoms with Gasteiger partial charge in [0.1, 0.15) is 5.41 Å². The van der Waals surface area contributed by atoms with Crippen molar-refractivity contribution >= 4 is 11.6 Å². The number of benzene rings is 1. The van der Waals surface area contributed by atoms with E-state index in [1.807, 2.05) is 6.07 Å². The Bertz CT molecular complexity index is 507. The van der Waals surface area contributed by atoms with Gasteiger partial charge < -0.3 is 5.32 Å². The van der Waals surface area contributed by atoms with Gasteiger partial charge in [0.05, 0.1) is 18.6 Å². The molecule has 0 aliphatic rings. The normalized spacial score (nSPS) is 12.9. The summed E-state index contributed by atoms with van der Waals surface area (Å²) in [5, 5.41) is 20.3. The molecule has 0 saturated heterocycles. The smallest absolute Gasteiger partial charge is 0.244 e. The van der Waals surface area contributed by atoms with Crippen molar-refractivity contribution in [3.8, 4) is 12.1 Å². The van der Waals surface area contributed by atoms with Gasteiger partial charge in [0.25, 0.3) is 0 Å². The van der Waals surface area contributed by atoms with Crippen LogP contribution >= 0.6 is 0 Å². The van der Waals surface area contributed by atoms with Gasteiger partial charge in [-0.05, 0) is 31.0 Å². The summed E-state index contributed by atoms with van der Waals surface area (Å²) in [6.45, 7) is 3.42. The molecule has 0 spiro atoms. The number of rotatable bonds is 4. The van der Waals surface area contributed by atoms with Crippen molar-refractivity contribution in [2.45, 2.75) is 26.7 Å². The number of carbonyl (C=O) groups is 1. The SMILES string of the molecule is CCC(C)(C#N)C(=O)Nc1ccc(CC#N)cc1. The minimum absolute atomic E-state index is 0.305. The van der Waals surface area contributed by atoms with Gasteiger partial charge >= 0.3 is 0 Å². The molecule has 0 aliphatic carbocycles. The molecule has 0 aromatic heterocycles. The number of carbonyl (C=O) groups excluding carboxylic acids is 1. The van der Waals surface area contributed by atoms with Crippen LogP contribution in [-0.2, 0) is 11.2 Å². The molecule has 0 heterocycles. The van der Waals surface area contributed by atoms with Crippen LogP contribution in [0.4, 0.5) is 5.69 Å². The molecule has 4 nitrogen and oxygen atoms in total. The maximum Gasteiger partial charge on any atom is 0.244 e. The van der Waals surface area contributed by atoms with Gasteiger partial charge in [-0.3, -0.25) is 4.79 Å². The van der Waals surface area contributed by atoms with Crippen molar-refractivity contribution in [3.05, 3.63) is 29.8 Å². The van der Waals surface area contributed by atoms with Gasteiger partial charge in [-0.1, -0.05) is 19.1 Å². The minimum Gasteiger partial charge on any atom is -0.325 e. The lowest BCUT2D eigenvalue weighted by Crippen LogP contribution is -2.31. The molecule has 1 atom stereocenters. The van der Waals surface area contributed by atoms with Crippen LogP contribution < -0.4 is 5.32 Å². The molecule has 1 unspecified atom stereocenters. The molecule has 1 rings (SSSR count). The number of hydrogen-bond acceptors (Lipinski definition) is 3. The van der Waals surface area contributed by atoms with E-state index < -0.39 is 5.41 Å². The zero-order valence-corrected chi connectivity index (χ0v) is 10.5. The molecule has 4 heteroatoms. The predicted octanol–water partition coefficient (Wildman–Crippen LogP) is 2.63. The number of anilines is 1. The minimum atomic E-state index is -1.01. The van der Waals surface area contributed by atoms with Crippen LogP contribution in [0.25, 0.3) is 0 Å². The topological polar surface area (TPSA) is 76.7 Å². The molecule has 0 aliphatic heterocycles. The summed E-state index contributed by atoms with van der Waals surface area (Å²) in [6, 6.07) is 11.1. The number of nitriles is 2. The Kier molecular flexibility index (Phi) is 4.45. The molecule has 0 radical (unpaired) electrons. The number of nitrogens with zero attached hydrogens (tertiary/aromatic N) is 2. The average Bonchev–Trinajstić information content (AvgIpc) is 2.40. The molecule has 1 amide bonds. The molecule has 92 valence electrons. The average molecular weight is 241 g/mol. The number of nitrogens with one attached hydrogen (secondary N) is 1. The Morgan fingerprint density at radius 3 is 2.39 bits per heavy atom. The highest BCUT2D eigenvalue weighted by Gasteiger charge is 2.31. The number of amides is 1. The van der Waals surface area contributed by atoms with Crippen LogP contribution in [0.1, 0.15) is 25.8 Å². The third-order valence-electron chi connectivity index (χ3n) is 2.95. The van der Waals surface area contributed by atoms with E-state index in [1.165, 1.54) is 0 Å². The standard InChI is InChI=1S/C14H15N3O/c1-3-14(2,10-16)13(18)17-12-6-4-11(5-7-12)8-9-15/h4-7H,3,8H2,1-2H3,(H,17,18). The van der Waals surface area contributed by atoms with E-state index in [2.05, 4.69) is 11.4 Å². The zero-order chi connectivity index (χ0) is 13.6. The van der Waals surface area contributed by atoms with Crippen LogP contribution in [0.2, 0.25) is 0 Å². The highest BCUT2D eigenvalue weighted by molar-refractivity contribution is 5.96. The molecule has 0 fully saturated rings. The fourth-order valence-corrected chi connectivity index (χ4v) is 1.36. The Morgan fingerprint density at radius 2 is 1.94 bits per heavy atom. The first-order valence-corrected chi connectivity index (χ1v) is 5.74. The van der Waals surface area contributed by atoms with E-state index in [1.54, 1.807) is 38.1 Å². The highest BCUT2D eigenvalue weighted by atomic mass is 16.2. The molecule has 0 saturated carbocycles. The molecule has 1 aromatic carbocycles. The van der Waals surface area contributed by atoms with Crippen molar-refractivity contribution in [1.29, 1.82) is 10.5 Å². The summed E-state index contributed by atoms with van der Waals surface area (Å²) in [5.41, 5.74) is 0.524. The van der Waals surface area contributed by atoms with Crippen molar-refractivity contribution in [1.82, 2.24) is 0 Å². The second-order valence-electron chi connectivity index (χ2n) is 4.28. The van der Waals surface area contributed by atoms with Gasteiger partial charge in [-0.2, -0.15) is 10.5 Å². The second kappa shape index (κ2) is 5.84. The molecule has 0 bridgehead atoms. The van der Waals surface area contributed by atoms with Crippen molar-refractivity contribution in [2.75, 3.05) is 5.32 Å². The van der Waals surface area contributed by atoms with E-state index >= 15 is 0 Å². The molecule has 18 heavy (non-hydrogen) atoms. The lowest BCUT2D eigenvalue weighted by molar-refractivity contribution is -0.122. The first-order valence-electron chi connectivity index (χ1n) is 5.74. The first-order chi connectivity index (χ1) is 8.55. The van der Waals surface area contributed by atoms with Gasteiger partial charge in [-0.25, -0.2) is 0 Å². The third kappa shape index (κ3) is 3.09. The summed E-state index contributed by atoms with van der Waals surface area (Å²) in [5.74, 6) is -0.305. The summed E-state index contributed by atoms with van der Waals surface area (Å²) in [4.78, 5) is 11.9. The molecular weight excluding hydrogens is 226 g/mol. The van der Waals surface area contributed by atoms with E-state index in [9.17, 15) is 4.79 Å². The molecular formula is C14H15N3O. The third-order valence-corrected chi connectivity index (χ3v) is 2.95. The van der Waals surface area contributed by atoms with E-state index in [0.29, 0.717) is 18.5 Å². The quantitative estimate of drug-likeness (QED) is 0.880. The fourth-order valence-electron chi connectivity index (χ4n) is 1.36. The fraction of sp³-hybridized carbons (Fsp3) is 0.357. The van der Waals surface area contributed by atoms with Crippen LogP contribution in [0.3, 0.4) is 0 Å². The van der Waals surface area contributed by atoms with Gasteiger partial charge in [0.2, 0.25) is 5.91 Å². The predicted molar refractivity (Wildman–Crippen MR) is 68.4 cm³/mol. The monoisotopic (exact) mass is 241 g/mol. The summed E-state index contributed by atoms with van der Waals surface area (Å²) >= 11 is 0. The highest BCUT2D eigenvalue weighted by Crippen LogP contribution is 2.22. The van der Waals surface area contributed by atoms with E-state index in [4.69, 9.17) is 10.5 Å². The van der Waals surface area contributed by atoms with Crippen LogP contribution in [0, 0.1) is 28.1 Å². The van der Waals surface area contributed by atoms with Crippen molar-refractivity contribution in [2.24, 2.45) is 5.41 Å². The maximum absolute atomic E-state index is 11.9. The lowest BCUT2D eigenvalue weighted by Gasteiger charge is -2.18. The Morgan fingerprint density at radius 1 is 1.33 bits per heavy atom. The second-order valence-corrected chi connectivity index (χ2v) is 4.28. The largest absolute Gasteiger partial charge is 0.325 e. The number of hydrogen-bond donors (Lipinski definition) is 1. The van der Waals surface area contributed by atoms with E-state index in [0.717, 1.165) is 5.56 Å². The Labute approximate surface area is 107 Å². The first kappa shape index (κ1) is 13.7. The van der Waals surface area contributed by atoms with E-state index in [-0.39, 0.29) is 5.91 Å².